The first-order chi connectivity index (χ1) is 8.58. The molecule has 0 radical (unpaired) electrons. The van der Waals surface area contributed by atoms with Crippen molar-refractivity contribution in [2.75, 3.05) is 14.2 Å². The van der Waals surface area contributed by atoms with Crippen molar-refractivity contribution in [3.63, 3.8) is 0 Å². The molecule has 1 aromatic rings. The minimum Gasteiger partial charge on any atom is -0.496 e. The molecule has 0 heterocycles. The SMILES string of the molecule is CNCc1ccc(OC)c(COC(C)C(C)C)c1. The number of hydrogen-bond donors (Lipinski definition) is 1. The van der Waals surface area contributed by atoms with Gasteiger partial charge in [0.2, 0.25) is 0 Å². The molecule has 0 fully saturated rings. The van der Waals surface area contributed by atoms with Crippen molar-refractivity contribution in [3.8, 4) is 5.75 Å². The van der Waals surface area contributed by atoms with Gasteiger partial charge in [-0.1, -0.05) is 19.9 Å². The predicted octanol–water partition coefficient (Wildman–Crippen LogP) is 2.98. The summed E-state index contributed by atoms with van der Waals surface area (Å²) in [4.78, 5) is 0. The third kappa shape index (κ3) is 4.31. The highest BCUT2D eigenvalue weighted by Gasteiger charge is 2.10. The fourth-order valence-corrected chi connectivity index (χ4v) is 1.67. The highest BCUT2D eigenvalue weighted by atomic mass is 16.5. The number of hydrogen-bond acceptors (Lipinski definition) is 3. The minimum absolute atomic E-state index is 0.252. The van der Waals surface area contributed by atoms with Crippen LogP contribution in [0.1, 0.15) is 31.9 Å². The van der Waals surface area contributed by atoms with Gasteiger partial charge in [0.05, 0.1) is 19.8 Å². The molecule has 1 atom stereocenters. The second-order valence-electron chi connectivity index (χ2n) is 4.94. The summed E-state index contributed by atoms with van der Waals surface area (Å²) < 4.78 is 11.2. The maximum atomic E-state index is 5.86. The van der Waals surface area contributed by atoms with Crippen LogP contribution in [0.15, 0.2) is 18.2 Å². The first-order valence-corrected chi connectivity index (χ1v) is 6.50. The van der Waals surface area contributed by atoms with Crippen LogP contribution in [0.3, 0.4) is 0 Å². The van der Waals surface area contributed by atoms with Gasteiger partial charge < -0.3 is 14.8 Å². The molecule has 18 heavy (non-hydrogen) atoms. The van der Waals surface area contributed by atoms with Gasteiger partial charge in [0.1, 0.15) is 5.75 Å². The molecular formula is C15H25NO2. The Hall–Kier alpha value is -1.06. The maximum Gasteiger partial charge on any atom is 0.124 e. The average Bonchev–Trinajstić information content (AvgIpc) is 2.36. The van der Waals surface area contributed by atoms with Gasteiger partial charge >= 0.3 is 0 Å². The molecule has 0 saturated carbocycles. The van der Waals surface area contributed by atoms with Crippen molar-refractivity contribution in [1.29, 1.82) is 0 Å². The summed E-state index contributed by atoms with van der Waals surface area (Å²) in [6.45, 7) is 7.89. The van der Waals surface area contributed by atoms with Crippen molar-refractivity contribution >= 4 is 0 Å². The van der Waals surface area contributed by atoms with Crippen molar-refractivity contribution in [2.24, 2.45) is 5.92 Å². The minimum atomic E-state index is 0.252. The summed E-state index contributed by atoms with van der Waals surface area (Å²) in [6, 6.07) is 6.22. The van der Waals surface area contributed by atoms with E-state index in [2.05, 4.69) is 38.2 Å². The van der Waals surface area contributed by atoms with Crippen LogP contribution in [0.25, 0.3) is 0 Å². The van der Waals surface area contributed by atoms with E-state index in [0.29, 0.717) is 12.5 Å². The molecule has 1 N–H and O–H groups in total. The molecule has 0 amide bonds. The number of methoxy groups -OCH3 is 1. The van der Waals surface area contributed by atoms with Crippen LogP contribution in [0, 0.1) is 5.92 Å². The fraction of sp³-hybridized carbons (Fsp3) is 0.600. The molecular weight excluding hydrogens is 226 g/mol. The zero-order valence-corrected chi connectivity index (χ0v) is 12.1. The second kappa shape index (κ2) is 7.39. The number of ether oxygens (including phenoxy) is 2. The number of nitrogens with one attached hydrogen (secondary N) is 1. The van der Waals surface area contributed by atoms with E-state index in [0.717, 1.165) is 17.9 Å². The van der Waals surface area contributed by atoms with E-state index >= 15 is 0 Å². The zero-order valence-electron chi connectivity index (χ0n) is 12.1. The summed E-state index contributed by atoms with van der Waals surface area (Å²) in [5.74, 6) is 1.42. The van der Waals surface area contributed by atoms with E-state index in [1.54, 1.807) is 7.11 Å². The Balaban J connectivity index is 2.74. The third-order valence-electron chi connectivity index (χ3n) is 3.17. The lowest BCUT2D eigenvalue weighted by molar-refractivity contribution is 0.0226. The highest BCUT2D eigenvalue weighted by molar-refractivity contribution is 5.36. The summed E-state index contributed by atoms with van der Waals surface area (Å²) in [5, 5.41) is 3.15. The van der Waals surface area contributed by atoms with Crippen molar-refractivity contribution in [1.82, 2.24) is 5.32 Å². The Morgan fingerprint density at radius 2 is 1.94 bits per heavy atom. The Bertz CT molecular complexity index is 364. The average molecular weight is 251 g/mol. The molecule has 0 spiro atoms. The molecule has 0 bridgehead atoms. The molecule has 1 rings (SSSR count). The Morgan fingerprint density at radius 3 is 2.50 bits per heavy atom. The van der Waals surface area contributed by atoms with Crippen LogP contribution in [0.5, 0.6) is 5.75 Å². The van der Waals surface area contributed by atoms with Gasteiger partial charge in [-0.25, -0.2) is 0 Å². The largest absolute Gasteiger partial charge is 0.496 e. The maximum absolute atomic E-state index is 5.86. The molecule has 0 saturated heterocycles. The molecule has 3 nitrogen and oxygen atoms in total. The van der Waals surface area contributed by atoms with Gasteiger partial charge in [0.25, 0.3) is 0 Å². The van der Waals surface area contributed by atoms with Gasteiger partial charge in [-0.3, -0.25) is 0 Å². The molecule has 102 valence electrons. The lowest BCUT2D eigenvalue weighted by atomic mass is 10.1. The molecule has 0 aromatic heterocycles. The van der Waals surface area contributed by atoms with E-state index in [9.17, 15) is 0 Å². The first-order valence-electron chi connectivity index (χ1n) is 6.50. The van der Waals surface area contributed by atoms with Gasteiger partial charge in [-0.15, -0.1) is 0 Å². The van der Waals surface area contributed by atoms with Gasteiger partial charge in [-0.05, 0) is 37.6 Å². The monoisotopic (exact) mass is 251 g/mol. The van der Waals surface area contributed by atoms with Crippen LogP contribution in [-0.4, -0.2) is 20.3 Å². The van der Waals surface area contributed by atoms with Crippen LogP contribution < -0.4 is 10.1 Å². The first kappa shape index (κ1) is 15.0. The summed E-state index contributed by atoms with van der Waals surface area (Å²) in [7, 11) is 3.64. The smallest absolute Gasteiger partial charge is 0.124 e. The van der Waals surface area contributed by atoms with Gasteiger partial charge in [0, 0.05) is 12.1 Å². The topological polar surface area (TPSA) is 30.5 Å². The molecule has 0 aliphatic carbocycles. The lowest BCUT2D eigenvalue weighted by Gasteiger charge is -2.18. The standard InChI is InChI=1S/C15H25NO2/c1-11(2)12(3)18-10-14-8-13(9-16-4)6-7-15(14)17-5/h6-8,11-12,16H,9-10H2,1-5H3. The summed E-state index contributed by atoms with van der Waals surface area (Å²) >= 11 is 0. The second-order valence-corrected chi connectivity index (χ2v) is 4.94. The van der Waals surface area contributed by atoms with Crippen LogP contribution in [0.4, 0.5) is 0 Å². The summed E-state index contributed by atoms with van der Waals surface area (Å²) in [6.07, 6.45) is 0.252. The molecule has 0 aliphatic heterocycles. The normalized spacial score (nSPS) is 12.8. The quantitative estimate of drug-likeness (QED) is 0.808. The van der Waals surface area contributed by atoms with Crippen molar-refractivity contribution < 1.29 is 9.47 Å². The van der Waals surface area contributed by atoms with E-state index in [4.69, 9.17) is 9.47 Å². The lowest BCUT2D eigenvalue weighted by Crippen LogP contribution is -2.15. The van der Waals surface area contributed by atoms with Crippen LogP contribution in [-0.2, 0) is 17.9 Å². The van der Waals surface area contributed by atoms with Gasteiger partial charge in [0.15, 0.2) is 0 Å². The predicted molar refractivity (Wildman–Crippen MR) is 74.8 cm³/mol. The molecule has 3 heteroatoms. The van der Waals surface area contributed by atoms with Crippen LogP contribution in [0.2, 0.25) is 0 Å². The summed E-state index contributed by atoms with van der Waals surface area (Å²) in [5.41, 5.74) is 2.35. The van der Waals surface area contributed by atoms with E-state index in [1.165, 1.54) is 5.56 Å². The van der Waals surface area contributed by atoms with E-state index in [1.807, 2.05) is 13.1 Å². The van der Waals surface area contributed by atoms with Crippen molar-refractivity contribution in [2.45, 2.75) is 40.0 Å². The highest BCUT2D eigenvalue weighted by Crippen LogP contribution is 2.22. The molecule has 0 aliphatic rings. The number of rotatable bonds is 7. The number of benzene rings is 1. The Labute approximate surface area is 110 Å². The fourth-order valence-electron chi connectivity index (χ4n) is 1.67. The Morgan fingerprint density at radius 1 is 1.22 bits per heavy atom. The third-order valence-corrected chi connectivity index (χ3v) is 3.17. The van der Waals surface area contributed by atoms with E-state index in [-0.39, 0.29) is 6.10 Å². The Kier molecular flexibility index (Phi) is 6.16. The molecule has 1 aromatic carbocycles. The zero-order chi connectivity index (χ0) is 13.5. The van der Waals surface area contributed by atoms with E-state index < -0.39 is 0 Å². The van der Waals surface area contributed by atoms with Crippen LogP contribution >= 0.6 is 0 Å². The van der Waals surface area contributed by atoms with Crippen molar-refractivity contribution in [3.05, 3.63) is 29.3 Å². The van der Waals surface area contributed by atoms with Gasteiger partial charge in [-0.2, -0.15) is 0 Å². The molecule has 1 unspecified atom stereocenters.